The van der Waals surface area contributed by atoms with Gasteiger partial charge in [-0.05, 0) is 26.2 Å². The number of carboxylic acids is 1. The topological polar surface area (TPSA) is 78.9 Å². The number of carboxylic acid groups (broad SMARTS) is 1. The molecule has 0 spiro atoms. The van der Waals surface area contributed by atoms with Gasteiger partial charge in [0.05, 0.1) is 5.69 Å². The number of nitrogens with zero attached hydrogens (tertiary/aromatic N) is 1. The van der Waals surface area contributed by atoms with E-state index in [4.69, 9.17) is 9.84 Å². The molecule has 0 aromatic heterocycles. The molecule has 0 bridgehead atoms. The summed E-state index contributed by atoms with van der Waals surface area (Å²) in [6.07, 6.45) is 0.361. The molecule has 0 unspecified atom stereocenters. The van der Waals surface area contributed by atoms with E-state index in [1.54, 1.807) is 24.3 Å². The van der Waals surface area contributed by atoms with Crippen molar-refractivity contribution in [3.05, 3.63) is 24.3 Å². The maximum absolute atomic E-state index is 11.7. The highest BCUT2D eigenvalue weighted by Gasteiger charge is 2.09. The van der Waals surface area contributed by atoms with Crippen LogP contribution in [0.5, 0.6) is 5.75 Å². The number of carbonyl (C=O) groups excluding carboxylic acids is 1. The Balaban J connectivity index is 2.61. The molecule has 6 heteroatoms. The first-order chi connectivity index (χ1) is 8.99. The van der Waals surface area contributed by atoms with Gasteiger partial charge in [-0.15, -0.1) is 0 Å². The van der Waals surface area contributed by atoms with Crippen molar-refractivity contribution < 1.29 is 19.4 Å². The molecule has 0 aliphatic carbocycles. The minimum atomic E-state index is -1.06. The molecular formula is C13H18N2O4. The normalized spacial score (nSPS) is 10.3. The van der Waals surface area contributed by atoms with Crippen LogP contribution in [0.15, 0.2) is 24.3 Å². The molecule has 0 saturated heterocycles. The van der Waals surface area contributed by atoms with Gasteiger partial charge in [-0.3, -0.25) is 4.79 Å². The molecule has 0 aliphatic rings. The molecule has 1 rings (SSSR count). The second-order valence-electron chi connectivity index (χ2n) is 4.28. The summed E-state index contributed by atoms with van der Waals surface area (Å²) >= 11 is 0. The summed E-state index contributed by atoms with van der Waals surface area (Å²) in [6, 6.07) is 6.75. The number of hydrogen-bond donors (Lipinski definition) is 2. The van der Waals surface area contributed by atoms with Crippen molar-refractivity contribution in [2.24, 2.45) is 0 Å². The third-order valence-corrected chi connectivity index (χ3v) is 2.30. The number of para-hydroxylation sites is 2. The molecule has 1 amide bonds. The van der Waals surface area contributed by atoms with Gasteiger partial charge in [-0.1, -0.05) is 12.1 Å². The third kappa shape index (κ3) is 5.87. The molecule has 104 valence electrons. The number of aliphatic carboxylic acids is 1. The zero-order valence-corrected chi connectivity index (χ0v) is 11.0. The summed E-state index contributed by atoms with van der Waals surface area (Å²) in [6.45, 7) is 0.203. The number of nitrogens with one attached hydrogen (secondary N) is 1. The van der Waals surface area contributed by atoms with Crippen LogP contribution in [0.2, 0.25) is 0 Å². The van der Waals surface area contributed by atoms with Gasteiger partial charge in [-0.25, -0.2) is 4.79 Å². The summed E-state index contributed by atoms with van der Waals surface area (Å²) in [4.78, 5) is 24.1. The zero-order chi connectivity index (χ0) is 14.3. The highest BCUT2D eigenvalue weighted by Crippen LogP contribution is 2.23. The van der Waals surface area contributed by atoms with Crippen molar-refractivity contribution in [3.8, 4) is 5.75 Å². The van der Waals surface area contributed by atoms with Crippen molar-refractivity contribution >= 4 is 17.6 Å². The van der Waals surface area contributed by atoms with Crippen LogP contribution < -0.4 is 10.1 Å². The summed E-state index contributed by atoms with van der Waals surface area (Å²) in [7, 11) is 3.77. The van der Waals surface area contributed by atoms with Crippen LogP contribution >= 0.6 is 0 Å². The van der Waals surface area contributed by atoms with Gasteiger partial charge in [0.2, 0.25) is 5.91 Å². The summed E-state index contributed by atoms with van der Waals surface area (Å²) < 4.78 is 5.10. The average molecular weight is 266 g/mol. The molecule has 0 saturated carbocycles. The number of anilines is 1. The Labute approximate surface area is 112 Å². The molecule has 0 aliphatic heterocycles. The Morgan fingerprint density at radius 3 is 2.63 bits per heavy atom. The van der Waals surface area contributed by atoms with E-state index in [2.05, 4.69) is 5.32 Å². The monoisotopic (exact) mass is 266 g/mol. The van der Waals surface area contributed by atoms with Crippen LogP contribution in [0.25, 0.3) is 0 Å². The highest BCUT2D eigenvalue weighted by atomic mass is 16.5. The fraction of sp³-hybridized carbons (Fsp3) is 0.385. The fourth-order valence-corrected chi connectivity index (χ4v) is 1.37. The van der Waals surface area contributed by atoms with E-state index in [0.717, 1.165) is 0 Å². The van der Waals surface area contributed by atoms with Gasteiger partial charge in [0.25, 0.3) is 0 Å². The fourth-order valence-electron chi connectivity index (χ4n) is 1.37. The van der Waals surface area contributed by atoms with Crippen LogP contribution in [0.4, 0.5) is 5.69 Å². The predicted molar refractivity (Wildman–Crippen MR) is 71.4 cm³/mol. The number of rotatable bonds is 7. The molecular weight excluding hydrogens is 248 g/mol. The van der Waals surface area contributed by atoms with Crippen molar-refractivity contribution in [2.75, 3.05) is 32.6 Å². The molecule has 1 aromatic rings. The first kappa shape index (κ1) is 15.0. The minimum absolute atomic E-state index is 0.139. The van der Waals surface area contributed by atoms with Gasteiger partial charge in [-0.2, -0.15) is 0 Å². The minimum Gasteiger partial charge on any atom is -0.480 e. The van der Waals surface area contributed by atoms with Gasteiger partial charge in [0.15, 0.2) is 6.61 Å². The van der Waals surface area contributed by atoms with E-state index in [0.29, 0.717) is 24.4 Å². The molecule has 1 aromatic carbocycles. The van der Waals surface area contributed by atoms with Crippen molar-refractivity contribution in [1.29, 1.82) is 0 Å². The average Bonchev–Trinajstić information content (AvgIpc) is 2.35. The summed E-state index contributed by atoms with van der Waals surface area (Å²) in [5.74, 6) is -0.850. The quantitative estimate of drug-likeness (QED) is 0.771. The molecule has 0 fully saturated rings. The SMILES string of the molecule is CN(C)CCC(=O)Nc1ccccc1OCC(=O)O. The maximum Gasteiger partial charge on any atom is 0.341 e. The Hall–Kier alpha value is -2.08. The van der Waals surface area contributed by atoms with Gasteiger partial charge >= 0.3 is 5.97 Å². The molecule has 0 heterocycles. The second-order valence-corrected chi connectivity index (χ2v) is 4.28. The van der Waals surface area contributed by atoms with Crippen molar-refractivity contribution in [3.63, 3.8) is 0 Å². The van der Waals surface area contributed by atoms with E-state index < -0.39 is 12.6 Å². The van der Waals surface area contributed by atoms with Crippen LogP contribution in [-0.4, -0.2) is 49.1 Å². The Morgan fingerprint density at radius 2 is 2.00 bits per heavy atom. The van der Waals surface area contributed by atoms with Crippen LogP contribution in [-0.2, 0) is 9.59 Å². The van der Waals surface area contributed by atoms with Crippen LogP contribution in [0.3, 0.4) is 0 Å². The van der Waals surface area contributed by atoms with E-state index >= 15 is 0 Å². The van der Waals surface area contributed by atoms with Gasteiger partial charge < -0.3 is 20.1 Å². The maximum atomic E-state index is 11.7. The smallest absolute Gasteiger partial charge is 0.341 e. The largest absolute Gasteiger partial charge is 0.480 e. The van der Waals surface area contributed by atoms with Crippen molar-refractivity contribution in [1.82, 2.24) is 4.90 Å². The second kappa shape index (κ2) is 7.38. The Bertz CT molecular complexity index is 446. The molecule has 19 heavy (non-hydrogen) atoms. The Kier molecular flexibility index (Phi) is 5.81. The van der Waals surface area contributed by atoms with Gasteiger partial charge in [0, 0.05) is 13.0 Å². The molecule has 0 radical (unpaired) electrons. The first-order valence-corrected chi connectivity index (χ1v) is 5.87. The predicted octanol–water partition coefficient (Wildman–Crippen LogP) is 1.04. The van der Waals surface area contributed by atoms with Crippen LogP contribution in [0, 0.1) is 0 Å². The Morgan fingerprint density at radius 1 is 1.32 bits per heavy atom. The van der Waals surface area contributed by atoms with E-state index in [9.17, 15) is 9.59 Å². The molecule has 2 N–H and O–H groups in total. The van der Waals surface area contributed by atoms with E-state index in [-0.39, 0.29) is 5.91 Å². The lowest BCUT2D eigenvalue weighted by atomic mass is 10.2. The lowest BCUT2D eigenvalue weighted by Gasteiger charge is -2.12. The summed E-state index contributed by atoms with van der Waals surface area (Å²) in [5.41, 5.74) is 0.479. The summed E-state index contributed by atoms with van der Waals surface area (Å²) in [5, 5.41) is 11.3. The van der Waals surface area contributed by atoms with Crippen molar-refractivity contribution in [2.45, 2.75) is 6.42 Å². The van der Waals surface area contributed by atoms with E-state index in [1.165, 1.54) is 0 Å². The van der Waals surface area contributed by atoms with Crippen LogP contribution in [0.1, 0.15) is 6.42 Å². The van der Waals surface area contributed by atoms with E-state index in [1.807, 2.05) is 19.0 Å². The molecule has 0 atom stereocenters. The number of hydrogen-bond acceptors (Lipinski definition) is 4. The van der Waals surface area contributed by atoms with Gasteiger partial charge in [0.1, 0.15) is 5.75 Å². The molecule has 6 nitrogen and oxygen atoms in total. The first-order valence-electron chi connectivity index (χ1n) is 5.87. The number of amides is 1. The third-order valence-electron chi connectivity index (χ3n) is 2.30. The number of carbonyl (C=O) groups is 2. The lowest BCUT2D eigenvalue weighted by Crippen LogP contribution is -2.21. The standard InChI is InChI=1S/C13H18N2O4/c1-15(2)8-7-12(16)14-10-5-3-4-6-11(10)19-9-13(17)18/h3-6H,7-9H2,1-2H3,(H,14,16)(H,17,18). The number of ether oxygens (including phenoxy) is 1. The lowest BCUT2D eigenvalue weighted by molar-refractivity contribution is -0.139. The zero-order valence-electron chi connectivity index (χ0n) is 11.0. The highest BCUT2D eigenvalue weighted by molar-refractivity contribution is 5.92. The number of benzene rings is 1.